The topological polar surface area (TPSA) is 48.4 Å². The van der Waals surface area contributed by atoms with Gasteiger partial charge in [-0.2, -0.15) is 0 Å². The minimum Gasteiger partial charge on any atom is -0.394 e. The van der Waals surface area contributed by atoms with E-state index in [4.69, 9.17) is 0 Å². The van der Waals surface area contributed by atoms with Gasteiger partial charge < -0.3 is 10.1 Å². The molecule has 0 radical (unpaired) electrons. The van der Waals surface area contributed by atoms with E-state index in [1.165, 1.54) is 24.3 Å². The number of aryl methyl sites for hydroxylation is 2. The van der Waals surface area contributed by atoms with E-state index >= 15 is 0 Å². The number of β-amino-alcohol motifs (C(OH)–C–C–N with tert-alkyl or cyclic N) is 1. The molecule has 1 aliphatic heterocycles. The molecule has 0 saturated heterocycles. The van der Waals surface area contributed by atoms with Crippen molar-refractivity contribution in [2.75, 3.05) is 13.2 Å². The number of hydrogen-bond donors (Lipinski definition) is 2. The molecule has 2 aromatic carbocycles. The maximum absolute atomic E-state index is 13.4. The molecule has 0 spiro atoms. The van der Waals surface area contributed by atoms with Gasteiger partial charge in [0.25, 0.3) is 0 Å². The number of aromatic nitrogens is 1. The van der Waals surface area contributed by atoms with Gasteiger partial charge >= 0.3 is 0 Å². The summed E-state index contributed by atoms with van der Waals surface area (Å²) in [6.45, 7) is 0.468. The molecule has 0 bridgehead atoms. The molecule has 30 heavy (non-hydrogen) atoms. The van der Waals surface area contributed by atoms with Crippen LogP contribution in [0.2, 0.25) is 0 Å². The number of nitrogens with zero attached hydrogens (tertiary/aromatic N) is 2. The second-order valence-electron chi connectivity index (χ2n) is 7.28. The lowest BCUT2D eigenvalue weighted by molar-refractivity contribution is 0.198. The molecule has 1 atom stereocenters. The lowest BCUT2D eigenvalue weighted by Gasteiger charge is -2.20. The summed E-state index contributed by atoms with van der Waals surface area (Å²) in [4.78, 5) is 4.48. The van der Waals surface area contributed by atoms with Crippen molar-refractivity contribution in [3.8, 4) is 0 Å². The van der Waals surface area contributed by atoms with Gasteiger partial charge in [-0.05, 0) is 71.5 Å². The molecule has 4 rings (SSSR count). The van der Waals surface area contributed by atoms with Crippen LogP contribution in [0.25, 0.3) is 5.57 Å². The monoisotopic (exact) mass is 407 g/mol. The van der Waals surface area contributed by atoms with E-state index in [2.05, 4.69) is 16.5 Å². The Hall–Kier alpha value is -3.09. The molecule has 1 aromatic heterocycles. The Bertz CT molecular complexity index is 1020. The third kappa shape index (κ3) is 4.72. The largest absolute Gasteiger partial charge is 0.394 e. The number of benzene rings is 2. The fourth-order valence-electron chi connectivity index (χ4n) is 3.62. The van der Waals surface area contributed by atoms with E-state index in [0.717, 1.165) is 40.8 Å². The highest BCUT2D eigenvalue weighted by molar-refractivity contribution is 5.72. The van der Waals surface area contributed by atoms with Crippen molar-refractivity contribution in [3.63, 3.8) is 0 Å². The first-order valence-corrected chi connectivity index (χ1v) is 9.93. The molecule has 154 valence electrons. The highest BCUT2D eigenvalue weighted by Gasteiger charge is 2.26. The van der Waals surface area contributed by atoms with E-state index in [1.54, 1.807) is 30.5 Å². The van der Waals surface area contributed by atoms with E-state index in [9.17, 15) is 13.9 Å². The minimum absolute atomic E-state index is 0.0200. The maximum atomic E-state index is 13.4. The number of halogens is 2. The van der Waals surface area contributed by atoms with Crippen molar-refractivity contribution in [2.24, 2.45) is 0 Å². The number of hydrogen-bond acceptors (Lipinski definition) is 4. The van der Waals surface area contributed by atoms with Crippen molar-refractivity contribution < 1.29 is 13.9 Å². The number of aliphatic hydroxyl groups excluding tert-OH is 1. The molecule has 3 aromatic rings. The van der Waals surface area contributed by atoms with Crippen LogP contribution in [0.15, 0.2) is 73.1 Å². The van der Waals surface area contributed by atoms with E-state index in [1.807, 2.05) is 17.3 Å². The Labute approximate surface area is 174 Å². The van der Waals surface area contributed by atoms with Crippen molar-refractivity contribution in [2.45, 2.75) is 18.9 Å². The summed E-state index contributed by atoms with van der Waals surface area (Å²) < 4.78 is 26.5. The number of nitrogens with one attached hydrogen (secondary N) is 1. The number of rotatable bonds is 7. The number of aliphatic hydroxyl groups is 1. The van der Waals surface area contributed by atoms with Gasteiger partial charge in [-0.25, -0.2) is 14.2 Å². The molecule has 1 aliphatic rings. The van der Waals surface area contributed by atoms with Crippen molar-refractivity contribution in [1.82, 2.24) is 15.4 Å². The maximum Gasteiger partial charge on any atom is 0.123 e. The zero-order valence-corrected chi connectivity index (χ0v) is 16.4. The first-order valence-electron chi connectivity index (χ1n) is 9.93. The molecular weight excluding hydrogens is 384 g/mol. The molecule has 2 heterocycles. The minimum atomic E-state index is -0.276. The standard InChI is InChI=1S/C24H23F2N3O/c25-20-6-1-17(2-7-20)3-10-22-15-19(11-12-27-22)23-16-29(13-14-30)28-24(23)18-4-8-21(26)9-5-18/h1-2,4-9,11-12,15-16,24,28,30H,3,10,13-14H2. The Morgan fingerprint density at radius 1 is 0.933 bits per heavy atom. The van der Waals surface area contributed by atoms with Crippen LogP contribution in [0.3, 0.4) is 0 Å². The Balaban J connectivity index is 1.56. The van der Waals surface area contributed by atoms with Gasteiger partial charge in [0.2, 0.25) is 0 Å². The smallest absolute Gasteiger partial charge is 0.123 e. The van der Waals surface area contributed by atoms with Gasteiger partial charge in [0.1, 0.15) is 11.6 Å². The van der Waals surface area contributed by atoms with E-state index in [0.29, 0.717) is 6.54 Å². The summed E-state index contributed by atoms with van der Waals surface area (Å²) in [5, 5.41) is 11.2. The predicted octanol–water partition coefficient (Wildman–Crippen LogP) is 4.04. The summed E-state index contributed by atoms with van der Waals surface area (Å²) in [7, 11) is 0. The van der Waals surface area contributed by atoms with Gasteiger partial charge in [0.15, 0.2) is 0 Å². The zero-order chi connectivity index (χ0) is 20.9. The molecule has 2 N–H and O–H groups in total. The van der Waals surface area contributed by atoms with Crippen LogP contribution in [0.5, 0.6) is 0 Å². The van der Waals surface area contributed by atoms with Crippen molar-refractivity contribution in [3.05, 3.63) is 107 Å². The third-order valence-corrected chi connectivity index (χ3v) is 5.18. The van der Waals surface area contributed by atoms with Crippen molar-refractivity contribution >= 4 is 5.57 Å². The fourth-order valence-corrected chi connectivity index (χ4v) is 3.62. The SMILES string of the molecule is OCCN1C=C(c2ccnc(CCc3ccc(F)cc3)c2)C(c2ccc(F)cc2)N1. The quantitative estimate of drug-likeness (QED) is 0.621. The molecular formula is C24H23F2N3O. The summed E-state index contributed by atoms with van der Waals surface area (Å²) in [6.07, 6.45) is 5.27. The first-order chi connectivity index (χ1) is 14.6. The Kier molecular flexibility index (Phi) is 6.16. The van der Waals surface area contributed by atoms with Gasteiger partial charge in [0.05, 0.1) is 19.2 Å². The van der Waals surface area contributed by atoms with E-state index < -0.39 is 0 Å². The average molecular weight is 407 g/mol. The lowest BCUT2D eigenvalue weighted by atomic mass is 9.94. The molecule has 6 heteroatoms. The molecule has 4 nitrogen and oxygen atoms in total. The predicted molar refractivity (Wildman–Crippen MR) is 112 cm³/mol. The van der Waals surface area contributed by atoms with Crippen LogP contribution in [0.4, 0.5) is 8.78 Å². The normalized spacial score (nSPS) is 16.0. The molecule has 0 fully saturated rings. The second-order valence-corrected chi connectivity index (χ2v) is 7.28. The first kappa shape index (κ1) is 20.2. The summed E-state index contributed by atoms with van der Waals surface area (Å²) in [5.74, 6) is -0.514. The molecule has 1 unspecified atom stereocenters. The molecule has 0 aliphatic carbocycles. The van der Waals surface area contributed by atoms with Crippen LogP contribution in [-0.2, 0) is 12.8 Å². The summed E-state index contributed by atoms with van der Waals surface area (Å²) >= 11 is 0. The highest BCUT2D eigenvalue weighted by atomic mass is 19.1. The van der Waals surface area contributed by atoms with Gasteiger partial charge in [-0.1, -0.05) is 24.3 Å². The molecule has 0 amide bonds. The van der Waals surface area contributed by atoms with Crippen molar-refractivity contribution in [1.29, 1.82) is 0 Å². The van der Waals surface area contributed by atoms with Crippen LogP contribution >= 0.6 is 0 Å². The number of pyridine rings is 1. The lowest BCUT2D eigenvalue weighted by Crippen LogP contribution is -2.33. The highest BCUT2D eigenvalue weighted by Crippen LogP contribution is 2.35. The fraction of sp³-hybridized carbons (Fsp3) is 0.208. The van der Waals surface area contributed by atoms with Crippen LogP contribution < -0.4 is 5.43 Å². The third-order valence-electron chi connectivity index (χ3n) is 5.18. The van der Waals surface area contributed by atoms with E-state index in [-0.39, 0.29) is 24.3 Å². The zero-order valence-electron chi connectivity index (χ0n) is 16.4. The summed E-state index contributed by atoms with van der Waals surface area (Å²) in [5.41, 5.74) is 8.34. The number of hydrazine groups is 1. The van der Waals surface area contributed by atoms with Gasteiger partial charge in [-0.15, -0.1) is 0 Å². The van der Waals surface area contributed by atoms with Gasteiger partial charge in [-0.3, -0.25) is 4.98 Å². The average Bonchev–Trinajstić information content (AvgIpc) is 3.18. The Morgan fingerprint density at radius 3 is 2.33 bits per heavy atom. The van der Waals surface area contributed by atoms with Crippen LogP contribution in [0, 0.1) is 11.6 Å². The van der Waals surface area contributed by atoms with Gasteiger partial charge in [0, 0.05) is 18.1 Å². The second kappa shape index (κ2) is 9.15. The molecule has 0 saturated carbocycles. The summed E-state index contributed by atoms with van der Waals surface area (Å²) in [6, 6.07) is 16.8. The Morgan fingerprint density at radius 2 is 1.63 bits per heavy atom. The van der Waals surface area contributed by atoms with Crippen LogP contribution in [0.1, 0.15) is 28.4 Å². The van der Waals surface area contributed by atoms with Crippen LogP contribution in [-0.4, -0.2) is 28.3 Å².